The van der Waals surface area contributed by atoms with Crippen LogP contribution in [0.2, 0.25) is 5.02 Å². The zero-order valence-corrected chi connectivity index (χ0v) is 12.9. The molecule has 5 heteroatoms. The lowest BCUT2D eigenvalue weighted by Gasteiger charge is -2.08. The van der Waals surface area contributed by atoms with E-state index >= 15 is 0 Å². The average Bonchev–Trinajstić information content (AvgIpc) is 2.71. The summed E-state index contributed by atoms with van der Waals surface area (Å²) in [4.78, 5) is 23.5. The van der Waals surface area contributed by atoms with Gasteiger partial charge in [0.2, 0.25) is 5.78 Å². The van der Waals surface area contributed by atoms with Gasteiger partial charge < -0.3 is 9.30 Å². The lowest BCUT2D eigenvalue weighted by molar-refractivity contribution is -0.142. The topological polar surface area (TPSA) is 48.3 Å². The minimum Gasteiger partial charge on any atom is -0.459 e. The predicted octanol–water partition coefficient (Wildman–Crippen LogP) is 3.28. The third-order valence-corrected chi connectivity index (χ3v) is 3.52. The van der Waals surface area contributed by atoms with Crippen molar-refractivity contribution in [1.82, 2.24) is 4.57 Å². The van der Waals surface area contributed by atoms with Gasteiger partial charge in [-0.1, -0.05) is 11.6 Å². The highest BCUT2D eigenvalue weighted by molar-refractivity contribution is 6.30. The van der Waals surface area contributed by atoms with Crippen molar-refractivity contribution in [2.24, 2.45) is 7.05 Å². The number of benzene rings is 1. The summed E-state index contributed by atoms with van der Waals surface area (Å²) in [6, 6.07) is 8.62. The van der Waals surface area contributed by atoms with Crippen molar-refractivity contribution in [2.75, 3.05) is 0 Å². The number of ether oxygens (including phenoxy) is 1. The summed E-state index contributed by atoms with van der Waals surface area (Å²) in [5, 5.41) is 0.589. The van der Waals surface area contributed by atoms with Gasteiger partial charge in [-0.15, -0.1) is 0 Å². The molecule has 21 heavy (non-hydrogen) atoms. The highest BCUT2D eigenvalue weighted by atomic mass is 35.5. The molecule has 4 nitrogen and oxygen atoms in total. The lowest BCUT2D eigenvalue weighted by Crippen LogP contribution is -2.11. The van der Waals surface area contributed by atoms with Gasteiger partial charge in [0.1, 0.15) is 6.61 Å². The molecule has 0 aliphatic heterocycles. The maximum absolute atomic E-state index is 12.6. The SMILES string of the molecule is CC(=O)OCc1cc(C)c(C(=O)c2ccc(Cl)cc2)n1C. The predicted molar refractivity (Wildman–Crippen MR) is 80.5 cm³/mol. The number of hydrogen-bond acceptors (Lipinski definition) is 3. The summed E-state index contributed by atoms with van der Waals surface area (Å²) >= 11 is 5.83. The number of halogens is 1. The van der Waals surface area contributed by atoms with Crippen LogP contribution in [0.1, 0.15) is 34.2 Å². The van der Waals surface area contributed by atoms with Crippen molar-refractivity contribution in [3.05, 3.63) is 57.9 Å². The highest BCUT2D eigenvalue weighted by Crippen LogP contribution is 2.20. The largest absolute Gasteiger partial charge is 0.459 e. The van der Waals surface area contributed by atoms with Gasteiger partial charge in [0.25, 0.3) is 0 Å². The second-order valence-corrected chi connectivity index (χ2v) is 5.28. The first-order chi connectivity index (χ1) is 9.90. The molecule has 0 N–H and O–H groups in total. The molecule has 2 rings (SSSR count). The minimum atomic E-state index is -0.348. The van der Waals surface area contributed by atoms with Crippen LogP contribution in [0.5, 0.6) is 0 Å². The van der Waals surface area contributed by atoms with Gasteiger partial charge in [-0.2, -0.15) is 0 Å². The summed E-state index contributed by atoms with van der Waals surface area (Å²) < 4.78 is 6.75. The molecular weight excluding hydrogens is 290 g/mol. The quantitative estimate of drug-likeness (QED) is 0.643. The first-order valence-electron chi connectivity index (χ1n) is 6.49. The molecule has 0 saturated heterocycles. The zero-order valence-electron chi connectivity index (χ0n) is 12.1. The van der Waals surface area contributed by atoms with Crippen LogP contribution in [0.25, 0.3) is 0 Å². The Balaban J connectivity index is 2.33. The summed E-state index contributed by atoms with van der Waals surface area (Å²) in [5.41, 5.74) is 2.78. The maximum atomic E-state index is 12.6. The Morgan fingerprint density at radius 3 is 2.43 bits per heavy atom. The Morgan fingerprint density at radius 1 is 1.24 bits per heavy atom. The van der Waals surface area contributed by atoms with Crippen LogP contribution in [0.4, 0.5) is 0 Å². The van der Waals surface area contributed by atoms with E-state index in [9.17, 15) is 9.59 Å². The number of carbonyl (C=O) groups is 2. The summed E-state index contributed by atoms with van der Waals surface area (Å²) in [5.74, 6) is -0.430. The smallest absolute Gasteiger partial charge is 0.303 e. The Hall–Kier alpha value is -2.07. The number of hydrogen-bond donors (Lipinski definition) is 0. The molecule has 0 atom stereocenters. The van der Waals surface area contributed by atoms with Gasteiger partial charge >= 0.3 is 5.97 Å². The third-order valence-electron chi connectivity index (χ3n) is 3.27. The van der Waals surface area contributed by atoms with Gasteiger partial charge in [0.15, 0.2) is 0 Å². The first kappa shape index (κ1) is 15.3. The number of ketones is 1. The molecule has 0 amide bonds. The second kappa shape index (κ2) is 6.14. The first-order valence-corrected chi connectivity index (χ1v) is 6.86. The summed E-state index contributed by atoms with van der Waals surface area (Å²) in [7, 11) is 1.79. The molecule has 1 aromatic carbocycles. The van der Waals surface area contributed by atoms with Crippen molar-refractivity contribution in [2.45, 2.75) is 20.5 Å². The second-order valence-electron chi connectivity index (χ2n) is 4.84. The molecule has 0 fully saturated rings. The molecule has 0 spiro atoms. The van der Waals surface area contributed by atoms with Crippen LogP contribution in [-0.4, -0.2) is 16.3 Å². The van der Waals surface area contributed by atoms with Crippen LogP contribution in [-0.2, 0) is 23.2 Å². The minimum absolute atomic E-state index is 0.0826. The Labute approximate surface area is 128 Å². The number of carbonyl (C=O) groups excluding carboxylic acids is 2. The summed E-state index contributed by atoms with van der Waals surface area (Å²) in [6.07, 6.45) is 0. The molecule has 0 aliphatic carbocycles. The average molecular weight is 306 g/mol. The zero-order chi connectivity index (χ0) is 15.6. The van der Waals surface area contributed by atoms with E-state index in [-0.39, 0.29) is 18.4 Å². The van der Waals surface area contributed by atoms with Crippen LogP contribution < -0.4 is 0 Å². The number of nitrogens with zero attached hydrogens (tertiary/aromatic N) is 1. The Morgan fingerprint density at radius 2 is 1.86 bits per heavy atom. The highest BCUT2D eigenvalue weighted by Gasteiger charge is 2.18. The van der Waals surface area contributed by atoms with E-state index in [1.807, 2.05) is 13.0 Å². The van der Waals surface area contributed by atoms with E-state index < -0.39 is 0 Å². The Kier molecular flexibility index (Phi) is 4.48. The number of aromatic nitrogens is 1. The van der Waals surface area contributed by atoms with Gasteiger partial charge in [0, 0.05) is 24.6 Å². The van der Waals surface area contributed by atoms with Crippen LogP contribution in [0.3, 0.4) is 0 Å². The fourth-order valence-corrected chi connectivity index (χ4v) is 2.33. The molecule has 0 bridgehead atoms. The third kappa shape index (κ3) is 3.34. The van der Waals surface area contributed by atoms with E-state index in [2.05, 4.69) is 0 Å². The number of rotatable bonds is 4. The summed E-state index contributed by atoms with van der Waals surface area (Å²) in [6.45, 7) is 3.37. The van der Waals surface area contributed by atoms with Crippen LogP contribution in [0.15, 0.2) is 30.3 Å². The molecule has 0 aliphatic rings. The molecule has 0 saturated carbocycles. The van der Waals surface area contributed by atoms with Crippen LogP contribution in [0, 0.1) is 6.92 Å². The number of aryl methyl sites for hydroxylation is 1. The van der Waals surface area contributed by atoms with Gasteiger partial charge in [-0.3, -0.25) is 9.59 Å². The standard InChI is InChI=1S/C16H16ClNO3/c1-10-8-14(9-21-11(2)19)18(3)15(10)16(20)12-4-6-13(17)7-5-12/h4-8H,9H2,1-3H3. The van der Waals surface area contributed by atoms with Crippen molar-refractivity contribution < 1.29 is 14.3 Å². The molecule has 1 heterocycles. The van der Waals surface area contributed by atoms with Crippen molar-refractivity contribution in [1.29, 1.82) is 0 Å². The van der Waals surface area contributed by atoms with Crippen molar-refractivity contribution in [3.8, 4) is 0 Å². The normalized spacial score (nSPS) is 10.5. The fraction of sp³-hybridized carbons (Fsp3) is 0.250. The molecule has 2 aromatic rings. The molecule has 1 aromatic heterocycles. The number of esters is 1. The molecule has 0 unspecified atom stereocenters. The lowest BCUT2D eigenvalue weighted by atomic mass is 10.1. The van der Waals surface area contributed by atoms with E-state index in [0.29, 0.717) is 16.3 Å². The Bertz CT molecular complexity index is 686. The van der Waals surface area contributed by atoms with Crippen LogP contribution >= 0.6 is 11.6 Å². The van der Waals surface area contributed by atoms with Gasteiger partial charge in [-0.05, 0) is 42.8 Å². The fourth-order valence-electron chi connectivity index (χ4n) is 2.21. The maximum Gasteiger partial charge on any atom is 0.303 e. The van der Waals surface area contributed by atoms with E-state index in [1.54, 1.807) is 35.9 Å². The van der Waals surface area contributed by atoms with E-state index in [1.165, 1.54) is 6.92 Å². The van der Waals surface area contributed by atoms with E-state index in [0.717, 1.165) is 11.3 Å². The monoisotopic (exact) mass is 305 g/mol. The van der Waals surface area contributed by atoms with Gasteiger partial charge in [0.05, 0.1) is 11.4 Å². The van der Waals surface area contributed by atoms with Gasteiger partial charge in [-0.25, -0.2) is 0 Å². The molecule has 110 valence electrons. The molecular formula is C16H16ClNO3. The van der Waals surface area contributed by atoms with E-state index in [4.69, 9.17) is 16.3 Å². The van der Waals surface area contributed by atoms with Crippen molar-refractivity contribution >= 4 is 23.4 Å². The van der Waals surface area contributed by atoms with Crippen molar-refractivity contribution in [3.63, 3.8) is 0 Å². The molecule has 0 radical (unpaired) electrons.